The molecular weight excluding hydrogens is 374 g/mol. The van der Waals surface area contributed by atoms with E-state index in [-0.39, 0.29) is 30.7 Å². The van der Waals surface area contributed by atoms with Crippen LogP contribution in [0.15, 0.2) is 24.3 Å². The summed E-state index contributed by atoms with van der Waals surface area (Å²) in [6, 6.07) is 7.95. The minimum Gasteiger partial charge on any atom is -0.493 e. The van der Waals surface area contributed by atoms with E-state index in [1.165, 1.54) is 0 Å². The second-order valence-electron chi connectivity index (χ2n) is 8.05. The van der Waals surface area contributed by atoms with Gasteiger partial charge in [-0.15, -0.1) is 0 Å². The highest BCUT2D eigenvalue weighted by atomic mass is 18.2. The van der Waals surface area contributed by atoms with Crippen molar-refractivity contribution in [1.82, 2.24) is 0 Å². The van der Waals surface area contributed by atoms with Crippen LogP contribution >= 0.6 is 0 Å². The van der Waals surface area contributed by atoms with Crippen LogP contribution in [0.4, 0.5) is 4.39 Å². The van der Waals surface area contributed by atoms with Crippen LogP contribution in [0.3, 0.4) is 0 Å². The molecule has 2 aromatic carbocycles. The molecule has 0 amide bonds. The van der Waals surface area contributed by atoms with E-state index in [1.54, 1.807) is 14.2 Å². The number of methoxy groups -OCH3 is 2. The highest BCUT2D eigenvalue weighted by molar-refractivity contribution is 5.57. The van der Waals surface area contributed by atoms with E-state index in [1.807, 2.05) is 25.1 Å². The van der Waals surface area contributed by atoms with E-state index in [4.69, 9.17) is 23.7 Å². The Kier molecular flexibility index (Phi) is 4.45. The van der Waals surface area contributed by atoms with Gasteiger partial charge in [0.05, 0.1) is 20.9 Å². The molecule has 5 rings (SSSR count). The van der Waals surface area contributed by atoms with Crippen LogP contribution in [-0.2, 0) is 12.8 Å². The largest absolute Gasteiger partial charge is 0.493 e. The first kappa shape index (κ1) is 18.4. The van der Waals surface area contributed by atoms with Gasteiger partial charge in [-0.05, 0) is 24.1 Å². The standard InChI is InChI=1S/C23H25FO5/c1-12(10-24)18-8-16-17(28-18)5-4-13-6-14-15-7-20(25-2)21(26-3)9-19(15)27-11-22(14)29-23(13)16/h4-5,7,9,12,14,18,22H,6,8,10-11H2,1-3H3/t12?,14-,18+,22+/m0/s1/i24-1. The Hall–Kier alpha value is -2.63. The fourth-order valence-electron chi connectivity index (χ4n) is 4.62. The Morgan fingerprint density at radius 3 is 2.62 bits per heavy atom. The molecule has 3 aliphatic heterocycles. The number of benzene rings is 2. The molecule has 0 saturated carbocycles. The molecule has 0 N–H and O–H groups in total. The number of ether oxygens (including phenoxy) is 5. The Balaban J connectivity index is 1.49. The van der Waals surface area contributed by atoms with Crippen LogP contribution in [0.1, 0.15) is 29.5 Å². The minimum atomic E-state index is -0.387. The second kappa shape index (κ2) is 7.01. The average Bonchev–Trinajstić information content (AvgIpc) is 3.21. The zero-order valence-electron chi connectivity index (χ0n) is 16.9. The Bertz CT molecular complexity index is 943. The summed E-state index contributed by atoms with van der Waals surface area (Å²) in [6.07, 6.45) is 1.31. The molecule has 2 aromatic rings. The van der Waals surface area contributed by atoms with Gasteiger partial charge in [-0.1, -0.05) is 13.0 Å². The van der Waals surface area contributed by atoms with Crippen LogP contribution in [-0.4, -0.2) is 39.7 Å². The molecule has 0 radical (unpaired) electrons. The molecule has 0 aliphatic carbocycles. The van der Waals surface area contributed by atoms with Gasteiger partial charge in [0, 0.05) is 35.4 Å². The van der Waals surface area contributed by atoms with Crippen LogP contribution in [0, 0.1) is 5.92 Å². The van der Waals surface area contributed by atoms with Crippen molar-refractivity contribution < 1.29 is 28.1 Å². The first-order valence-electron chi connectivity index (χ1n) is 10.1. The normalized spacial score (nSPS) is 24.6. The summed E-state index contributed by atoms with van der Waals surface area (Å²) < 4.78 is 42.5. The molecule has 3 heterocycles. The van der Waals surface area contributed by atoms with Crippen LogP contribution < -0.4 is 23.7 Å². The van der Waals surface area contributed by atoms with E-state index in [2.05, 4.69) is 6.07 Å². The van der Waals surface area contributed by atoms with Crippen LogP contribution in [0.2, 0.25) is 0 Å². The van der Waals surface area contributed by atoms with Crippen molar-refractivity contribution in [3.05, 3.63) is 41.0 Å². The summed E-state index contributed by atoms with van der Waals surface area (Å²) in [5.41, 5.74) is 3.29. The second-order valence-corrected chi connectivity index (χ2v) is 8.05. The summed E-state index contributed by atoms with van der Waals surface area (Å²) in [6.45, 7) is 1.97. The first-order valence-corrected chi connectivity index (χ1v) is 10.1. The average molecular weight is 399 g/mol. The third kappa shape index (κ3) is 2.88. The van der Waals surface area contributed by atoms with Crippen molar-refractivity contribution >= 4 is 0 Å². The summed E-state index contributed by atoms with van der Waals surface area (Å²) in [5, 5.41) is 0. The monoisotopic (exact) mass is 399 g/mol. The maximum Gasteiger partial charge on any atom is 0.164 e. The molecule has 1 unspecified atom stereocenters. The van der Waals surface area contributed by atoms with Gasteiger partial charge in [-0.3, -0.25) is 4.39 Å². The van der Waals surface area contributed by atoms with Gasteiger partial charge >= 0.3 is 0 Å². The van der Waals surface area contributed by atoms with Crippen molar-refractivity contribution in [3.63, 3.8) is 0 Å². The van der Waals surface area contributed by atoms with E-state index in [9.17, 15) is 4.39 Å². The van der Waals surface area contributed by atoms with Gasteiger partial charge in [-0.2, -0.15) is 0 Å². The maximum absolute atomic E-state index is 13.1. The first-order chi connectivity index (χ1) is 14.1. The zero-order valence-corrected chi connectivity index (χ0v) is 16.9. The smallest absolute Gasteiger partial charge is 0.164 e. The van der Waals surface area contributed by atoms with Crippen molar-refractivity contribution in [2.45, 2.75) is 37.9 Å². The Morgan fingerprint density at radius 1 is 1.07 bits per heavy atom. The highest BCUT2D eigenvalue weighted by Gasteiger charge is 2.41. The van der Waals surface area contributed by atoms with Gasteiger partial charge in [0.1, 0.15) is 36.1 Å². The lowest BCUT2D eigenvalue weighted by molar-refractivity contribution is 0.0722. The van der Waals surface area contributed by atoms with Gasteiger partial charge < -0.3 is 23.7 Å². The lowest BCUT2D eigenvalue weighted by Crippen LogP contribution is -2.40. The molecule has 29 heavy (non-hydrogen) atoms. The summed E-state index contributed by atoms with van der Waals surface area (Å²) in [7, 11) is 3.26. The van der Waals surface area contributed by atoms with E-state index < -0.39 is 0 Å². The van der Waals surface area contributed by atoms with E-state index in [0.29, 0.717) is 24.5 Å². The van der Waals surface area contributed by atoms with Crippen molar-refractivity contribution in [2.24, 2.45) is 5.92 Å². The zero-order chi connectivity index (χ0) is 20.1. The molecule has 0 fully saturated rings. The van der Waals surface area contributed by atoms with Crippen molar-refractivity contribution in [1.29, 1.82) is 0 Å². The third-order valence-corrected chi connectivity index (χ3v) is 6.34. The molecule has 4 atom stereocenters. The van der Waals surface area contributed by atoms with E-state index in [0.717, 1.165) is 40.4 Å². The Morgan fingerprint density at radius 2 is 1.86 bits per heavy atom. The molecular formula is C23H25FO5. The van der Waals surface area contributed by atoms with Crippen molar-refractivity contribution in [2.75, 3.05) is 27.5 Å². The number of hydrogen-bond donors (Lipinski definition) is 0. The lowest BCUT2D eigenvalue weighted by atomic mass is 9.82. The fraction of sp³-hybridized carbons (Fsp3) is 0.478. The molecule has 6 heteroatoms. The van der Waals surface area contributed by atoms with Gasteiger partial charge in [-0.25, -0.2) is 0 Å². The van der Waals surface area contributed by atoms with Gasteiger partial charge in [0.2, 0.25) is 0 Å². The SMILES string of the molecule is COc1cc2c(cc1OC)[C@@H]1Cc3ccc4c(c3O[C@@H]1CO2)C[C@H](C(C)C[18F])O4. The number of fused-ring (bicyclic) bond motifs is 6. The van der Waals surface area contributed by atoms with Gasteiger partial charge in [0.25, 0.3) is 0 Å². The molecule has 0 saturated heterocycles. The predicted molar refractivity (Wildman–Crippen MR) is 106 cm³/mol. The third-order valence-electron chi connectivity index (χ3n) is 6.34. The molecule has 154 valence electrons. The van der Waals surface area contributed by atoms with Crippen LogP contribution in [0.5, 0.6) is 28.7 Å². The quantitative estimate of drug-likeness (QED) is 0.775. The highest BCUT2D eigenvalue weighted by Crippen LogP contribution is 2.49. The predicted octanol–water partition coefficient (Wildman–Crippen LogP) is 4.09. The fourth-order valence-corrected chi connectivity index (χ4v) is 4.62. The molecule has 0 bridgehead atoms. The molecule has 3 aliphatic rings. The maximum atomic E-state index is 13.1. The topological polar surface area (TPSA) is 46.2 Å². The van der Waals surface area contributed by atoms with Gasteiger partial charge in [0.15, 0.2) is 11.5 Å². The summed E-state index contributed by atoms with van der Waals surface area (Å²) in [4.78, 5) is 0. The number of halogens is 1. The molecule has 0 aromatic heterocycles. The van der Waals surface area contributed by atoms with E-state index >= 15 is 0 Å². The molecule has 5 nitrogen and oxygen atoms in total. The van der Waals surface area contributed by atoms with Crippen LogP contribution in [0.25, 0.3) is 0 Å². The summed E-state index contributed by atoms with van der Waals surface area (Å²) >= 11 is 0. The van der Waals surface area contributed by atoms with Crippen molar-refractivity contribution in [3.8, 4) is 28.7 Å². The number of alkyl halides is 1. The molecule has 0 spiro atoms. The summed E-state index contributed by atoms with van der Waals surface area (Å²) in [5.74, 6) is 3.91. The minimum absolute atomic E-state index is 0.0859. The number of hydrogen-bond acceptors (Lipinski definition) is 5. The lowest BCUT2D eigenvalue weighted by Gasteiger charge is -2.38. The number of rotatable bonds is 4. The Labute approximate surface area is 169 Å².